The molecule has 6 amide bonds. The lowest BCUT2D eigenvalue weighted by atomic mass is 10.1. The monoisotopic (exact) mass is 2150 g/mol. The largest absolute Gasteiger partial charge is 0.489 e. The molecule has 12 aromatic rings. The van der Waals surface area contributed by atoms with E-state index in [0.29, 0.717) is 104 Å². The standard InChI is InChI=1S/C20H25NO3.C19H22BrNO3.C19H22ClNO3.C19H22FNO3.C19H22INO3.C19H23NO3/c1-6-23-20(22)21-18-9-7-8-13(2)17(18)12-24-19-11-15(4)14(3)10-16(19)5;4*1-5-23-19(22)21-17-8-6-7-16(20)15(17)11-24-18-10-13(3)12(2)9-14(18)4;1-5-22-19(21)20-17-9-7-6-8-16(17)12-23-18-11-14(3)13(2)10-15(18)4/h7-11H,6,12H2,1-5H3,(H,21,22);4*6-10H,5,11H2,1-4H3,(H,21,22);6-11H,5,12H2,1-4H3,(H,20,21). The van der Waals surface area contributed by atoms with E-state index in [1.807, 2.05) is 178 Å². The smallest absolute Gasteiger partial charge is 0.411 e. The zero-order chi connectivity index (χ0) is 105. The Bertz CT molecular complexity index is 5630. The van der Waals surface area contributed by atoms with Gasteiger partial charge in [0.05, 0.1) is 73.8 Å². The lowest BCUT2D eigenvalue weighted by Crippen LogP contribution is -2.16. The van der Waals surface area contributed by atoms with Gasteiger partial charge in [-0.05, 0) is 398 Å². The Morgan fingerprint density at radius 2 is 0.497 bits per heavy atom. The van der Waals surface area contributed by atoms with Gasteiger partial charge in [0.25, 0.3) is 0 Å². The van der Waals surface area contributed by atoms with Crippen molar-refractivity contribution in [2.45, 2.75) is 213 Å². The maximum Gasteiger partial charge on any atom is 0.411 e. The zero-order valence-electron chi connectivity index (χ0n) is 86.7. The number of para-hydroxylation sites is 1. The summed E-state index contributed by atoms with van der Waals surface area (Å²) in [4.78, 5) is 70.0. The van der Waals surface area contributed by atoms with Crippen molar-refractivity contribution in [2.24, 2.45) is 0 Å². The molecule has 28 heteroatoms. The van der Waals surface area contributed by atoms with Crippen LogP contribution in [-0.4, -0.2) is 76.2 Å². The van der Waals surface area contributed by atoms with E-state index in [2.05, 4.69) is 175 Å². The van der Waals surface area contributed by atoms with Gasteiger partial charge in [-0.1, -0.05) is 119 Å². The number of halogens is 4. The van der Waals surface area contributed by atoms with Gasteiger partial charge in [0.1, 0.15) is 80.0 Å². The number of rotatable bonds is 30. The average Bonchev–Trinajstić information content (AvgIpc) is 0.612. The number of hydrogen-bond acceptors (Lipinski definition) is 18. The van der Waals surface area contributed by atoms with Gasteiger partial charge in [-0.25, -0.2) is 33.2 Å². The highest BCUT2D eigenvalue weighted by atomic mass is 127. The molecular formula is C115H136BrClFIN6O18. The molecule has 762 valence electrons. The highest BCUT2D eigenvalue weighted by Crippen LogP contribution is 2.36. The fraction of sp³-hybridized carbons (Fsp3) is 0.322. The number of nitrogens with one attached hydrogen (secondary N) is 6. The van der Waals surface area contributed by atoms with Crippen LogP contribution in [0, 0.1) is 141 Å². The number of anilines is 6. The van der Waals surface area contributed by atoms with Gasteiger partial charge in [-0.15, -0.1) is 0 Å². The third kappa shape index (κ3) is 37.1. The fourth-order valence-corrected chi connectivity index (χ4v) is 15.5. The number of amides is 6. The highest BCUT2D eigenvalue weighted by Gasteiger charge is 2.21. The lowest BCUT2D eigenvalue weighted by Gasteiger charge is -2.16. The summed E-state index contributed by atoms with van der Waals surface area (Å²) in [6, 6.07) is 59.2. The SMILES string of the molecule is CCOC(=O)Nc1cccc(Br)c1COc1cc(C)c(C)cc1C.CCOC(=O)Nc1cccc(C)c1COc1cc(C)c(C)cc1C.CCOC(=O)Nc1cccc(Cl)c1COc1cc(C)c(C)cc1C.CCOC(=O)Nc1cccc(F)c1COc1cc(C)c(C)cc1C.CCOC(=O)Nc1cccc(I)c1COc1cc(C)c(C)cc1C.CCOC(=O)Nc1ccccc1COc1cc(C)c(C)cc1C. The molecule has 0 unspecified atom stereocenters. The van der Waals surface area contributed by atoms with Crippen LogP contribution in [-0.2, 0) is 68.1 Å². The molecule has 12 rings (SSSR count). The molecule has 0 aromatic heterocycles. The first-order valence-corrected chi connectivity index (χ1v) is 49.5. The van der Waals surface area contributed by atoms with Crippen molar-refractivity contribution in [1.82, 2.24) is 0 Å². The molecular weight excluding hydrogens is 2010 g/mol. The number of aryl methyl sites for hydroxylation is 19. The van der Waals surface area contributed by atoms with Crippen LogP contribution in [0.4, 0.5) is 67.3 Å². The molecule has 143 heavy (non-hydrogen) atoms. The number of carbonyl (C=O) groups is 6. The second-order valence-electron chi connectivity index (χ2n) is 33.8. The maximum absolute atomic E-state index is 14.2. The summed E-state index contributed by atoms with van der Waals surface area (Å²) in [7, 11) is 0. The summed E-state index contributed by atoms with van der Waals surface area (Å²) in [6.45, 7) is 53.1. The van der Waals surface area contributed by atoms with Gasteiger partial charge in [0.15, 0.2) is 0 Å². The van der Waals surface area contributed by atoms with E-state index in [9.17, 15) is 33.2 Å². The number of carbonyl (C=O) groups excluding carboxylic acids is 6. The molecule has 0 fully saturated rings. The van der Waals surface area contributed by atoms with Crippen molar-refractivity contribution < 1.29 is 90.0 Å². The third-order valence-electron chi connectivity index (χ3n) is 23.0. The molecule has 0 spiro atoms. The summed E-state index contributed by atoms with van der Waals surface area (Å²) in [5.41, 5.74) is 30.3. The summed E-state index contributed by atoms with van der Waals surface area (Å²) >= 11 is 12.0. The van der Waals surface area contributed by atoms with Crippen molar-refractivity contribution in [2.75, 3.05) is 71.5 Å². The minimum atomic E-state index is -0.619. The number of benzene rings is 12. The molecule has 0 aliphatic carbocycles. The number of hydrogen-bond donors (Lipinski definition) is 6. The van der Waals surface area contributed by atoms with Crippen molar-refractivity contribution >= 4 is 121 Å². The van der Waals surface area contributed by atoms with Gasteiger partial charge in [-0.3, -0.25) is 31.9 Å². The van der Waals surface area contributed by atoms with Crippen LogP contribution in [0.2, 0.25) is 5.02 Å². The van der Waals surface area contributed by atoms with Crippen LogP contribution in [0.15, 0.2) is 193 Å². The Morgan fingerprint density at radius 1 is 0.259 bits per heavy atom. The highest BCUT2D eigenvalue weighted by molar-refractivity contribution is 14.1. The first-order valence-electron chi connectivity index (χ1n) is 47.2. The first-order chi connectivity index (χ1) is 68.1. The molecule has 6 N–H and O–H groups in total. The van der Waals surface area contributed by atoms with E-state index in [-0.39, 0.29) is 25.4 Å². The second kappa shape index (κ2) is 58.8. The van der Waals surface area contributed by atoms with Crippen LogP contribution < -0.4 is 60.3 Å². The van der Waals surface area contributed by atoms with Crippen molar-refractivity contribution in [3.63, 3.8) is 0 Å². The molecule has 0 aliphatic rings. The van der Waals surface area contributed by atoms with E-state index in [0.717, 1.165) is 109 Å². The molecule has 0 bridgehead atoms. The fourth-order valence-electron chi connectivity index (χ4n) is 14.2. The van der Waals surface area contributed by atoms with E-state index in [1.54, 1.807) is 65.8 Å². The molecule has 12 aromatic carbocycles. The Hall–Kier alpha value is -13.5. The van der Waals surface area contributed by atoms with Crippen LogP contribution in [0.25, 0.3) is 0 Å². The third-order valence-corrected chi connectivity index (χ3v) is 25.1. The average molecular weight is 2150 g/mol. The topological polar surface area (TPSA) is 285 Å². The van der Waals surface area contributed by atoms with Crippen LogP contribution in [0.1, 0.15) is 181 Å². The summed E-state index contributed by atoms with van der Waals surface area (Å²) in [5.74, 6) is 4.49. The number of ether oxygens (including phenoxy) is 12. The predicted molar refractivity (Wildman–Crippen MR) is 583 cm³/mol. The van der Waals surface area contributed by atoms with E-state index >= 15 is 0 Å². The van der Waals surface area contributed by atoms with Gasteiger partial charge in [0, 0.05) is 46.4 Å². The summed E-state index contributed by atoms with van der Waals surface area (Å²) in [6.07, 6.45) is -2.97. The van der Waals surface area contributed by atoms with Gasteiger partial charge < -0.3 is 56.8 Å². The van der Waals surface area contributed by atoms with Gasteiger partial charge >= 0.3 is 36.6 Å². The second-order valence-corrected chi connectivity index (χ2v) is 36.3. The Balaban J connectivity index is 0.000000233. The summed E-state index contributed by atoms with van der Waals surface area (Å²) < 4.78 is 81.3. The molecule has 0 radical (unpaired) electrons. The van der Waals surface area contributed by atoms with Crippen LogP contribution in [0.5, 0.6) is 34.5 Å². The zero-order valence-corrected chi connectivity index (χ0v) is 91.2. The van der Waals surface area contributed by atoms with Gasteiger partial charge in [0.2, 0.25) is 0 Å². The van der Waals surface area contributed by atoms with Crippen LogP contribution >= 0.6 is 50.1 Å². The van der Waals surface area contributed by atoms with Crippen molar-refractivity contribution in [3.8, 4) is 34.5 Å². The minimum absolute atomic E-state index is 0.0117. The maximum atomic E-state index is 14.2. The summed E-state index contributed by atoms with van der Waals surface area (Å²) in [5, 5.41) is 16.8. The first kappa shape index (κ1) is 116. The van der Waals surface area contributed by atoms with Gasteiger partial charge in [-0.2, -0.15) is 0 Å². The Labute approximate surface area is 869 Å². The molecule has 0 aliphatic heterocycles. The molecule has 0 saturated heterocycles. The van der Waals surface area contributed by atoms with Crippen molar-refractivity contribution in [1.29, 1.82) is 0 Å². The van der Waals surface area contributed by atoms with Crippen molar-refractivity contribution in [3.05, 3.63) is 346 Å². The Morgan fingerprint density at radius 3 is 0.846 bits per heavy atom. The predicted octanol–water partition coefficient (Wildman–Crippen LogP) is 31.0. The molecule has 0 heterocycles. The molecule has 24 nitrogen and oxygen atoms in total. The van der Waals surface area contributed by atoms with Crippen LogP contribution in [0.3, 0.4) is 0 Å². The van der Waals surface area contributed by atoms with E-state index in [4.69, 9.17) is 68.4 Å². The minimum Gasteiger partial charge on any atom is -0.489 e. The Kier molecular flexibility index (Phi) is 47.9. The molecule has 0 saturated carbocycles. The van der Waals surface area contributed by atoms with E-state index in [1.165, 1.54) is 73.3 Å². The molecule has 0 atom stereocenters. The van der Waals surface area contributed by atoms with E-state index < -0.39 is 42.4 Å². The normalized spacial score (nSPS) is 10.4. The lowest BCUT2D eigenvalue weighted by molar-refractivity contribution is 0.167. The quantitative estimate of drug-likeness (QED) is 0.0180.